The molecule has 0 radical (unpaired) electrons. The number of oxazole rings is 1. The lowest BCUT2D eigenvalue weighted by Crippen LogP contribution is -2.47. The van der Waals surface area contributed by atoms with Crippen LogP contribution in [0.25, 0.3) is 11.1 Å². The molecule has 1 aliphatic heterocycles. The van der Waals surface area contributed by atoms with Crippen LogP contribution in [0.1, 0.15) is 30.5 Å². The normalized spacial score (nSPS) is 22.4. The van der Waals surface area contributed by atoms with Crippen molar-refractivity contribution in [2.45, 2.75) is 36.0 Å². The molecule has 1 atom stereocenters. The van der Waals surface area contributed by atoms with Crippen molar-refractivity contribution in [3.8, 4) is 0 Å². The van der Waals surface area contributed by atoms with Crippen molar-refractivity contribution in [3.63, 3.8) is 0 Å². The lowest BCUT2D eigenvalue weighted by molar-refractivity contribution is 0.219. The van der Waals surface area contributed by atoms with Gasteiger partial charge >= 0.3 is 5.76 Å². The number of piperidine rings is 1. The van der Waals surface area contributed by atoms with E-state index in [0.29, 0.717) is 24.2 Å². The van der Waals surface area contributed by atoms with E-state index >= 15 is 0 Å². The molecule has 0 bridgehead atoms. The Kier molecular flexibility index (Phi) is 3.88. The Morgan fingerprint density at radius 2 is 2.10 bits per heavy atom. The molecule has 3 aromatic rings. The summed E-state index contributed by atoms with van der Waals surface area (Å²) in [6, 6.07) is 4.52. The maximum atomic E-state index is 13.4. The van der Waals surface area contributed by atoms with Crippen LogP contribution < -0.4 is 11.5 Å². The molecule has 0 amide bonds. The van der Waals surface area contributed by atoms with E-state index in [-0.39, 0.29) is 16.3 Å². The lowest BCUT2D eigenvalue weighted by atomic mass is 9.78. The van der Waals surface area contributed by atoms with E-state index in [2.05, 4.69) is 9.97 Å². The molecule has 1 aliphatic carbocycles. The van der Waals surface area contributed by atoms with Gasteiger partial charge in [-0.05, 0) is 49.4 Å². The van der Waals surface area contributed by atoms with Gasteiger partial charge < -0.3 is 10.2 Å². The standard InChI is InChI=1S/C19H21N5O4S/c1-23-14-9-13(3-4-15(14)28-18(23)25)29(26,27)24-8-2-6-19(11-24)7-5-12-10-21-17(20)22-16(12)19/h3-4,9-10H,2,5-8,11H2,1H3,(H2,20,21,22). The molecule has 152 valence electrons. The largest absolute Gasteiger partial charge is 0.419 e. The Morgan fingerprint density at radius 3 is 2.93 bits per heavy atom. The molecule has 2 aromatic heterocycles. The second-order valence-corrected chi connectivity index (χ2v) is 9.82. The summed E-state index contributed by atoms with van der Waals surface area (Å²) in [6.07, 6.45) is 5.04. The molecule has 0 saturated carbocycles. The number of anilines is 1. The van der Waals surface area contributed by atoms with Gasteiger partial charge in [0.15, 0.2) is 5.58 Å². The number of aromatic nitrogens is 3. The van der Waals surface area contributed by atoms with Crippen LogP contribution in [0, 0.1) is 0 Å². The van der Waals surface area contributed by atoms with E-state index in [1.807, 2.05) is 0 Å². The lowest BCUT2D eigenvalue weighted by Gasteiger charge is -2.39. The minimum atomic E-state index is -3.74. The van der Waals surface area contributed by atoms with Crippen molar-refractivity contribution in [2.75, 3.05) is 18.8 Å². The molecule has 10 heteroatoms. The molecule has 9 nitrogen and oxygen atoms in total. The first-order chi connectivity index (χ1) is 13.8. The van der Waals surface area contributed by atoms with E-state index < -0.39 is 15.8 Å². The van der Waals surface area contributed by atoms with Crippen molar-refractivity contribution in [1.82, 2.24) is 18.8 Å². The summed E-state index contributed by atoms with van der Waals surface area (Å²) >= 11 is 0. The predicted octanol–water partition coefficient (Wildman–Crippen LogP) is 1.17. The van der Waals surface area contributed by atoms with Crippen molar-refractivity contribution >= 4 is 27.1 Å². The Balaban J connectivity index is 1.54. The zero-order valence-corrected chi connectivity index (χ0v) is 16.8. The molecule has 1 spiro atoms. The monoisotopic (exact) mass is 415 g/mol. The van der Waals surface area contributed by atoms with Crippen molar-refractivity contribution in [2.24, 2.45) is 7.05 Å². The highest BCUT2D eigenvalue weighted by atomic mass is 32.2. The van der Waals surface area contributed by atoms with Gasteiger partial charge in [-0.25, -0.2) is 23.2 Å². The highest BCUT2D eigenvalue weighted by Gasteiger charge is 2.46. The van der Waals surface area contributed by atoms with Gasteiger partial charge in [0, 0.05) is 31.7 Å². The fraction of sp³-hybridized carbons (Fsp3) is 0.421. The Hall–Kier alpha value is -2.72. The Labute approximate surface area is 167 Å². The number of nitrogens with zero attached hydrogens (tertiary/aromatic N) is 4. The average molecular weight is 415 g/mol. The molecule has 1 saturated heterocycles. The quantitative estimate of drug-likeness (QED) is 0.666. The number of fused-ring (bicyclic) bond motifs is 3. The molecule has 1 fully saturated rings. The first kappa shape index (κ1) is 18.3. The zero-order valence-electron chi connectivity index (χ0n) is 16.0. The van der Waals surface area contributed by atoms with E-state index in [0.717, 1.165) is 36.9 Å². The minimum Gasteiger partial charge on any atom is -0.408 e. The molecule has 29 heavy (non-hydrogen) atoms. The van der Waals surface area contributed by atoms with Crippen LogP contribution in [0.3, 0.4) is 0 Å². The van der Waals surface area contributed by atoms with Crippen LogP contribution in [0.4, 0.5) is 5.95 Å². The number of hydrogen-bond donors (Lipinski definition) is 1. The van der Waals surface area contributed by atoms with Gasteiger partial charge in [-0.15, -0.1) is 0 Å². The number of nitrogen functional groups attached to an aromatic ring is 1. The van der Waals surface area contributed by atoms with Crippen LogP contribution in [0.15, 0.2) is 38.5 Å². The second-order valence-electron chi connectivity index (χ2n) is 7.88. The summed E-state index contributed by atoms with van der Waals surface area (Å²) in [7, 11) is -2.18. The summed E-state index contributed by atoms with van der Waals surface area (Å²) in [5.74, 6) is -0.303. The maximum absolute atomic E-state index is 13.4. The topological polar surface area (TPSA) is 124 Å². The molecule has 3 heterocycles. The maximum Gasteiger partial charge on any atom is 0.419 e. The molecule has 2 N–H and O–H groups in total. The summed E-state index contributed by atoms with van der Waals surface area (Å²) in [5.41, 5.74) is 8.23. The smallest absolute Gasteiger partial charge is 0.408 e. The zero-order chi connectivity index (χ0) is 20.4. The Morgan fingerprint density at radius 1 is 1.28 bits per heavy atom. The molecule has 5 rings (SSSR count). The number of benzene rings is 1. The average Bonchev–Trinajstić information content (AvgIpc) is 3.19. The number of hydrogen-bond acceptors (Lipinski definition) is 7. The van der Waals surface area contributed by atoms with Gasteiger partial charge in [-0.2, -0.15) is 4.31 Å². The van der Waals surface area contributed by atoms with Gasteiger partial charge in [0.2, 0.25) is 16.0 Å². The molecular weight excluding hydrogens is 394 g/mol. The van der Waals surface area contributed by atoms with Crippen LogP contribution in [-0.4, -0.2) is 40.3 Å². The number of rotatable bonds is 2. The molecule has 2 aliphatic rings. The molecule has 1 unspecified atom stereocenters. The van der Waals surface area contributed by atoms with Crippen LogP contribution >= 0.6 is 0 Å². The highest BCUT2D eigenvalue weighted by Crippen LogP contribution is 2.45. The summed E-state index contributed by atoms with van der Waals surface area (Å²) in [6.45, 7) is 0.809. The third-order valence-electron chi connectivity index (χ3n) is 6.20. The Bertz CT molecular complexity index is 1290. The van der Waals surface area contributed by atoms with E-state index in [1.165, 1.54) is 27.1 Å². The van der Waals surface area contributed by atoms with E-state index in [9.17, 15) is 13.2 Å². The van der Waals surface area contributed by atoms with E-state index in [4.69, 9.17) is 10.2 Å². The highest BCUT2D eigenvalue weighted by molar-refractivity contribution is 7.89. The predicted molar refractivity (Wildman–Crippen MR) is 106 cm³/mol. The van der Waals surface area contributed by atoms with E-state index in [1.54, 1.807) is 13.2 Å². The van der Waals surface area contributed by atoms with Gasteiger partial charge in [-0.1, -0.05) is 0 Å². The first-order valence-corrected chi connectivity index (χ1v) is 11.0. The fourth-order valence-electron chi connectivity index (χ4n) is 4.66. The number of nitrogens with two attached hydrogens (primary N) is 1. The summed E-state index contributed by atoms with van der Waals surface area (Å²) in [5, 5.41) is 0. The van der Waals surface area contributed by atoms with Crippen LogP contribution in [0.2, 0.25) is 0 Å². The molecule has 1 aromatic carbocycles. The van der Waals surface area contributed by atoms with Gasteiger partial charge in [-0.3, -0.25) is 4.57 Å². The van der Waals surface area contributed by atoms with Crippen LogP contribution in [-0.2, 0) is 28.9 Å². The van der Waals surface area contributed by atoms with Gasteiger partial charge in [0.25, 0.3) is 0 Å². The third kappa shape index (κ3) is 2.70. The fourth-order valence-corrected chi connectivity index (χ4v) is 6.25. The second kappa shape index (κ2) is 6.14. The van der Waals surface area contributed by atoms with Gasteiger partial charge in [0.1, 0.15) is 0 Å². The van der Waals surface area contributed by atoms with Crippen molar-refractivity contribution < 1.29 is 12.8 Å². The van der Waals surface area contributed by atoms with Crippen molar-refractivity contribution in [3.05, 3.63) is 46.2 Å². The minimum absolute atomic E-state index is 0.152. The third-order valence-corrected chi connectivity index (χ3v) is 8.04. The SMILES string of the molecule is Cn1c(=O)oc2ccc(S(=O)(=O)N3CCCC4(CCc5cnc(N)nc54)C3)cc21. The van der Waals surface area contributed by atoms with Gasteiger partial charge in [0.05, 0.1) is 16.1 Å². The first-order valence-electron chi connectivity index (χ1n) is 9.52. The summed E-state index contributed by atoms with van der Waals surface area (Å²) < 4.78 is 34.8. The van der Waals surface area contributed by atoms with Crippen LogP contribution in [0.5, 0.6) is 0 Å². The number of sulfonamides is 1. The number of aryl methyl sites for hydroxylation is 2. The summed E-state index contributed by atoms with van der Waals surface area (Å²) in [4.78, 5) is 20.4. The molecular formula is C19H21N5O4S. The van der Waals surface area contributed by atoms with Crippen molar-refractivity contribution in [1.29, 1.82) is 0 Å².